The molecule has 0 atom stereocenters. The van der Waals surface area contributed by atoms with E-state index in [4.69, 9.17) is 0 Å². The number of carbonyl (C=O) groups is 1. The van der Waals surface area contributed by atoms with E-state index < -0.39 is 0 Å². The smallest absolute Gasteiger partial charge is 0.150 e. The van der Waals surface area contributed by atoms with Gasteiger partial charge in [0.25, 0.3) is 0 Å². The fourth-order valence-electron chi connectivity index (χ4n) is 2.02. The van der Waals surface area contributed by atoms with Gasteiger partial charge in [-0.2, -0.15) is 0 Å². The molecule has 0 amide bonds. The lowest BCUT2D eigenvalue weighted by atomic mass is 10.1. The van der Waals surface area contributed by atoms with Gasteiger partial charge in [-0.25, -0.2) is 4.39 Å². The molecule has 0 aromatic heterocycles. The summed E-state index contributed by atoms with van der Waals surface area (Å²) in [5.41, 5.74) is 3.98. The number of halogens is 1. The summed E-state index contributed by atoms with van der Waals surface area (Å²) < 4.78 is 13.7. The number of aryl methyl sites for hydroxylation is 2. The highest BCUT2D eigenvalue weighted by Gasteiger charge is 2.05. The Hall–Kier alpha value is -1.61. The number of carbonyl (C=O) groups excluding carboxylic acids is 1. The number of rotatable bonds is 4. The molecule has 0 aliphatic heterocycles. The molecule has 2 rings (SSSR count). The van der Waals surface area contributed by atoms with Gasteiger partial charge in [-0.3, -0.25) is 4.79 Å². The van der Waals surface area contributed by atoms with E-state index in [2.05, 4.69) is 32.0 Å². The lowest BCUT2D eigenvalue weighted by Crippen LogP contribution is -1.88. The van der Waals surface area contributed by atoms with Gasteiger partial charge in [0, 0.05) is 16.2 Å². The quantitative estimate of drug-likeness (QED) is 0.601. The van der Waals surface area contributed by atoms with Crippen molar-refractivity contribution in [3.05, 3.63) is 64.5 Å². The lowest BCUT2D eigenvalue weighted by Gasteiger charge is -2.06. The minimum absolute atomic E-state index is 0.334. The second-order valence-electron chi connectivity index (χ2n) is 4.59. The van der Waals surface area contributed by atoms with E-state index in [0.29, 0.717) is 16.7 Å². The van der Waals surface area contributed by atoms with Crippen molar-refractivity contribution in [2.75, 3.05) is 0 Å². The Balaban J connectivity index is 2.12. The summed E-state index contributed by atoms with van der Waals surface area (Å²) in [6, 6.07) is 10.9. The van der Waals surface area contributed by atoms with Crippen LogP contribution in [0, 0.1) is 19.7 Å². The first kappa shape index (κ1) is 13.8. The molecule has 0 N–H and O–H groups in total. The minimum atomic E-state index is -0.334. The van der Waals surface area contributed by atoms with Crippen LogP contribution in [0.3, 0.4) is 0 Å². The van der Waals surface area contributed by atoms with Gasteiger partial charge in [0.15, 0.2) is 0 Å². The zero-order valence-corrected chi connectivity index (χ0v) is 11.8. The molecule has 0 unspecified atom stereocenters. The second-order valence-corrected chi connectivity index (χ2v) is 5.61. The zero-order valence-electron chi connectivity index (χ0n) is 10.9. The molecule has 0 saturated heterocycles. The summed E-state index contributed by atoms with van der Waals surface area (Å²) in [6.07, 6.45) is 0.654. The first-order valence-corrected chi connectivity index (χ1v) is 7.02. The van der Waals surface area contributed by atoms with Crippen LogP contribution in [0.5, 0.6) is 0 Å². The molecule has 98 valence electrons. The summed E-state index contributed by atoms with van der Waals surface area (Å²) in [5, 5.41) is 0. The number of benzene rings is 2. The van der Waals surface area contributed by atoms with Crippen molar-refractivity contribution in [1.82, 2.24) is 0 Å². The third-order valence-corrected chi connectivity index (χ3v) is 3.89. The van der Waals surface area contributed by atoms with E-state index in [9.17, 15) is 9.18 Å². The summed E-state index contributed by atoms with van der Waals surface area (Å²) in [4.78, 5) is 11.1. The number of hydrogen-bond donors (Lipinski definition) is 0. The van der Waals surface area contributed by atoms with Crippen molar-refractivity contribution >= 4 is 18.0 Å². The van der Waals surface area contributed by atoms with Gasteiger partial charge >= 0.3 is 0 Å². The maximum Gasteiger partial charge on any atom is 0.150 e. The van der Waals surface area contributed by atoms with Crippen LogP contribution in [0.2, 0.25) is 0 Å². The standard InChI is InChI=1S/C16H15FOS/c1-11-5-12(2)7-14(6-11)10-19-16-4-3-13(9-18)8-15(16)17/h3-9H,10H2,1-2H3. The molecule has 0 fully saturated rings. The van der Waals surface area contributed by atoms with Crippen molar-refractivity contribution in [2.45, 2.75) is 24.5 Å². The number of hydrogen-bond acceptors (Lipinski definition) is 2. The average molecular weight is 274 g/mol. The number of aldehydes is 1. The van der Waals surface area contributed by atoms with E-state index in [1.807, 2.05) is 0 Å². The molecule has 0 heterocycles. The predicted molar refractivity (Wildman–Crippen MR) is 77.3 cm³/mol. The Morgan fingerprint density at radius 3 is 2.37 bits per heavy atom. The second kappa shape index (κ2) is 6.02. The highest BCUT2D eigenvalue weighted by atomic mass is 32.2. The molecule has 19 heavy (non-hydrogen) atoms. The van der Waals surface area contributed by atoms with Crippen molar-refractivity contribution in [1.29, 1.82) is 0 Å². The molecular weight excluding hydrogens is 259 g/mol. The van der Waals surface area contributed by atoms with E-state index >= 15 is 0 Å². The Morgan fingerprint density at radius 2 is 1.79 bits per heavy atom. The monoisotopic (exact) mass is 274 g/mol. The maximum atomic E-state index is 13.7. The SMILES string of the molecule is Cc1cc(C)cc(CSc2ccc(C=O)cc2F)c1. The maximum absolute atomic E-state index is 13.7. The molecule has 0 radical (unpaired) electrons. The topological polar surface area (TPSA) is 17.1 Å². The summed E-state index contributed by atoms with van der Waals surface area (Å²) in [7, 11) is 0. The van der Waals surface area contributed by atoms with Gasteiger partial charge in [-0.05, 0) is 31.5 Å². The highest BCUT2D eigenvalue weighted by molar-refractivity contribution is 7.98. The van der Waals surface area contributed by atoms with Crippen molar-refractivity contribution in [3.63, 3.8) is 0 Å². The largest absolute Gasteiger partial charge is 0.298 e. The van der Waals surface area contributed by atoms with E-state index in [1.54, 1.807) is 12.1 Å². The lowest BCUT2D eigenvalue weighted by molar-refractivity contribution is 0.112. The van der Waals surface area contributed by atoms with Crippen LogP contribution in [-0.4, -0.2) is 6.29 Å². The van der Waals surface area contributed by atoms with Crippen LogP contribution in [0.15, 0.2) is 41.3 Å². The van der Waals surface area contributed by atoms with Gasteiger partial charge in [0.1, 0.15) is 12.1 Å². The molecule has 0 bridgehead atoms. The Morgan fingerprint density at radius 1 is 1.11 bits per heavy atom. The average Bonchev–Trinajstić information content (AvgIpc) is 2.36. The van der Waals surface area contributed by atoms with Gasteiger partial charge < -0.3 is 0 Å². The van der Waals surface area contributed by atoms with Crippen molar-refractivity contribution < 1.29 is 9.18 Å². The molecule has 0 saturated carbocycles. The molecule has 2 aromatic carbocycles. The summed E-state index contributed by atoms with van der Waals surface area (Å²) in [6.45, 7) is 4.11. The van der Waals surface area contributed by atoms with E-state index in [-0.39, 0.29) is 5.82 Å². The van der Waals surface area contributed by atoms with Crippen LogP contribution < -0.4 is 0 Å². The molecule has 0 aliphatic rings. The Kier molecular flexibility index (Phi) is 4.38. The normalized spacial score (nSPS) is 10.5. The van der Waals surface area contributed by atoms with Crippen LogP contribution in [-0.2, 0) is 5.75 Å². The molecule has 0 aliphatic carbocycles. The minimum Gasteiger partial charge on any atom is -0.298 e. The third-order valence-electron chi connectivity index (χ3n) is 2.77. The van der Waals surface area contributed by atoms with Gasteiger partial charge in [-0.1, -0.05) is 35.4 Å². The fraction of sp³-hybridized carbons (Fsp3) is 0.188. The molecule has 2 aromatic rings. The molecule has 3 heteroatoms. The van der Waals surface area contributed by atoms with Crippen LogP contribution in [0.1, 0.15) is 27.0 Å². The summed E-state index contributed by atoms with van der Waals surface area (Å²) in [5.74, 6) is 0.388. The molecular formula is C16H15FOS. The van der Waals surface area contributed by atoms with Crippen molar-refractivity contribution in [2.24, 2.45) is 0 Å². The van der Waals surface area contributed by atoms with E-state index in [0.717, 1.165) is 5.75 Å². The van der Waals surface area contributed by atoms with Gasteiger partial charge in [0.05, 0.1) is 0 Å². The number of thioether (sulfide) groups is 1. The van der Waals surface area contributed by atoms with Gasteiger partial charge in [0.2, 0.25) is 0 Å². The van der Waals surface area contributed by atoms with Crippen LogP contribution in [0.25, 0.3) is 0 Å². The highest BCUT2D eigenvalue weighted by Crippen LogP contribution is 2.26. The third kappa shape index (κ3) is 3.67. The summed E-state index contributed by atoms with van der Waals surface area (Å²) >= 11 is 1.45. The first-order valence-electron chi connectivity index (χ1n) is 6.03. The van der Waals surface area contributed by atoms with Crippen molar-refractivity contribution in [3.8, 4) is 0 Å². The Labute approximate surface area is 116 Å². The van der Waals surface area contributed by atoms with Crippen LogP contribution >= 0.6 is 11.8 Å². The van der Waals surface area contributed by atoms with Crippen LogP contribution in [0.4, 0.5) is 4.39 Å². The first-order chi connectivity index (χ1) is 9.08. The molecule has 1 nitrogen and oxygen atoms in total. The Bertz CT molecular complexity index is 587. The van der Waals surface area contributed by atoms with E-state index in [1.165, 1.54) is 34.5 Å². The predicted octanol–water partition coefficient (Wildman–Crippen LogP) is 4.55. The zero-order chi connectivity index (χ0) is 13.8. The molecule has 0 spiro atoms. The van der Waals surface area contributed by atoms with Gasteiger partial charge in [-0.15, -0.1) is 11.8 Å². The fourth-order valence-corrected chi connectivity index (χ4v) is 2.87.